The second kappa shape index (κ2) is 2.90. The van der Waals surface area contributed by atoms with E-state index in [1.807, 2.05) is 6.07 Å². The molecule has 0 spiro atoms. The van der Waals surface area contributed by atoms with Crippen LogP contribution in [0.4, 0.5) is 0 Å². The molecule has 0 saturated carbocycles. The van der Waals surface area contributed by atoms with Crippen molar-refractivity contribution in [2.75, 3.05) is 0 Å². The summed E-state index contributed by atoms with van der Waals surface area (Å²) in [6.07, 6.45) is 1.47. The molecule has 0 bridgehead atoms. The zero-order valence-corrected chi connectivity index (χ0v) is 7.90. The van der Waals surface area contributed by atoms with E-state index >= 15 is 0 Å². The second-order valence-corrected chi connectivity index (χ2v) is 3.81. The van der Waals surface area contributed by atoms with Crippen LogP contribution in [0.1, 0.15) is 23.6 Å². The minimum Gasteiger partial charge on any atom is -0.361 e. The van der Waals surface area contributed by atoms with Gasteiger partial charge in [-0.15, -0.1) is 0 Å². The van der Waals surface area contributed by atoms with Gasteiger partial charge in [-0.1, -0.05) is 19.1 Å². The number of aldehydes is 1. The molecular weight excluding hydrogens is 180 g/mol. The fourth-order valence-electron chi connectivity index (χ4n) is 1.48. The molecule has 1 aromatic carbocycles. The fraction of sp³-hybridized carbons (Fsp3) is 0.364. The summed E-state index contributed by atoms with van der Waals surface area (Å²) in [7, 11) is 0. The molecule has 1 unspecified atom stereocenters. The van der Waals surface area contributed by atoms with Crippen LogP contribution < -0.4 is 0 Å². The standard InChI is InChI=1S/C11H12O3/c1-7(6-12)11(13,14)10-3-2-8-4-9(8)5-10/h2-3,5-7,13-14H,4H2,1H3. The van der Waals surface area contributed by atoms with E-state index < -0.39 is 11.7 Å². The second-order valence-electron chi connectivity index (χ2n) is 3.81. The molecule has 3 nitrogen and oxygen atoms in total. The Morgan fingerprint density at radius 2 is 2.14 bits per heavy atom. The third-order valence-corrected chi connectivity index (χ3v) is 2.73. The van der Waals surface area contributed by atoms with Gasteiger partial charge >= 0.3 is 0 Å². The molecule has 0 fully saturated rings. The molecular formula is C11H12O3. The molecule has 3 heteroatoms. The number of benzene rings is 1. The summed E-state index contributed by atoms with van der Waals surface area (Å²) in [5.74, 6) is -2.86. The number of aliphatic hydroxyl groups is 2. The predicted octanol–water partition coefficient (Wildman–Crippen LogP) is 0.563. The Morgan fingerprint density at radius 3 is 2.71 bits per heavy atom. The summed E-state index contributed by atoms with van der Waals surface area (Å²) >= 11 is 0. The minimum absolute atomic E-state index is 0.397. The number of carbonyl (C=O) groups is 1. The van der Waals surface area contributed by atoms with Crippen LogP contribution in [0.2, 0.25) is 0 Å². The predicted molar refractivity (Wildman–Crippen MR) is 50.6 cm³/mol. The Morgan fingerprint density at radius 1 is 1.43 bits per heavy atom. The smallest absolute Gasteiger partial charge is 0.199 e. The van der Waals surface area contributed by atoms with Crippen LogP contribution >= 0.6 is 0 Å². The third-order valence-electron chi connectivity index (χ3n) is 2.73. The Bertz CT molecular complexity index is 382. The van der Waals surface area contributed by atoms with E-state index in [1.54, 1.807) is 12.1 Å². The lowest BCUT2D eigenvalue weighted by molar-refractivity contribution is -0.200. The van der Waals surface area contributed by atoms with Crippen LogP contribution in [0.5, 0.6) is 0 Å². The molecule has 14 heavy (non-hydrogen) atoms. The molecule has 1 aromatic rings. The third kappa shape index (κ3) is 1.35. The van der Waals surface area contributed by atoms with Crippen molar-refractivity contribution in [3.63, 3.8) is 0 Å². The van der Waals surface area contributed by atoms with E-state index in [9.17, 15) is 15.0 Å². The largest absolute Gasteiger partial charge is 0.361 e. The summed E-state index contributed by atoms with van der Waals surface area (Å²) in [5, 5.41) is 19.5. The van der Waals surface area contributed by atoms with Gasteiger partial charge in [0.2, 0.25) is 0 Å². The van der Waals surface area contributed by atoms with Gasteiger partial charge in [-0.3, -0.25) is 0 Å². The van der Waals surface area contributed by atoms with Crippen LogP contribution in [0.3, 0.4) is 0 Å². The highest BCUT2D eigenvalue weighted by atomic mass is 16.5. The molecule has 0 saturated heterocycles. The summed E-state index contributed by atoms with van der Waals surface area (Å²) in [6.45, 7) is 1.48. The van der Waals surface area contributed by atoms with E-state index in [0.717, 1.165) is 12.0 Å². The molecule has 1 atom stereocenters. The molecule has 0 amide bonds. The van der Waals surface area contributed by atoms with Crippen molar-refractivity contribution in [3.8, 4) is 0 Å². The highest BCUT2D eigenvalue weighted by Crippen LogP contribution is 2.33. The van der Waals surface area contributed by atoms with E-state index in [-0.39, 0.29) is 0 Å². The average Bonchev–Trinajstić information content (AvgIpc) is 2.93. The quantitative estimate of drug-likeness (QED) is 0.552. The lowest BCUT2D eigenvalue weighted by Crippen LogP contribution is -2.33. The summed E-state index contributed by atoms with van der Waals surface area (Å²) in [5.41, 5.74) is 2.77. The van der Waals surface area contributed by atoms with Crippen LogP contribution in [0.25, 0.3) is 0 Å². The molecule has 0 aliphatic heterocycles. The van der Waals surface area contributed by atoms with Gasteiger partial charge in [0.1, 0.15) is 6.29 Å². The lowest BCUT2D eigenvalue weighted by Gasteiger charge is -2.25. The first kappa shape index (κ1) is 9.37. The topological polar surface area (TPSA) is 57.5 Å². The Labute approximate surface area is 82.0 Å². The Balaban J connectivity index is 2.34. The van der Waals surface area contributed by atoms with E-state index in [0.29, 0.717) is 11.8 Å². The zero-order valence-electron chi connectivity index (χ0n) is 7.90. The van der Waals surface area contributed by atoms with Crippen LogP contribution in [-0.4, -0.2) is 16.5 Å². The fourth-order valence-corrected chi connectivity index (χ4v) is 1.48. The van der Waals surface area contributed by atoms with E-state index in [1.165, 1.54) is 12.5 Å². The van der Waals surface area contributed by atoms with Gasteiger partial charge in [0.05, 0.1) is 5.92 Å². The number of fused-ring (bicyclic) bond motifs is 1. The van der Waals surface area contributed by atoms with Crippen molar-refractivity contribution in [2.45, 2.75) is 19.1 Å². The molecule has 0 heterocycles. The molecule has 2 rings (SSSR count). The van der Waals surface area contributed by atoms with Gasteiger partial charge in [-0.05, 0) is 23.6 Å². The van der Waals surface area contributed by atoms with Gasteiger partial charge in [-0.2, -0.15) is 0 Å². The van der Waals surface area contributed by atoms with Gasteiger partial charge < -0.3 is 15.0 Å². The molecule has 1 aliphatic rings. The summed E-state index contributed by atoms with van der Waals surface area (Å²) in [4.78, 5) is 10.5. The SMILES string of the molecule is CC(C=O)C(O)(O)c1ccc2c(c1)C2. The first-order valence-electron chi connectivity index (χ1n) is 4.58. The van der Waals surface area contributed by atoms with Crippen LogP contribution in [0.15, 0.2) is 18.2 Å². The van der Waals surface area contributed by atoms with Crippen molar-refractivity contribution in [2.24, 2.45) is 5.92 Å². The molecule has 0 radical (unpaired) electrons. The maximum absolute atomic E-state index is 10.5. The van der Waals surface area contributed by atoms with Gasteiger partial charge in [-0.25, -0.2) is 0 Å². The maximum Gasteiger partial charge on any atom is 0.199 e. The van der Waals surface area contributed by atoms with Crippen molar-refractivity contribution in [3.05, 3.63) is 34.9 Å². The number of hydrogen-bond donors (Lipinski definition) is 2. The maximum atomic E-state index is 10.5. The highest BCUT2D eigenvalue weighted by molar-refractivity contribution is 5.56. The van der Waals surface area contributed by atoms with Crippen molar-refractivity contribution >= 4 is 6.29 Å². The molecule has 1 aliphatic carbocycles. The van der Waals surface area contributed by atoms with Crippen molar-refractivity contribution < 1.29 is 15.0 Å². The monoisotopic (exact) mass is 192 g/mol. The Hall–Kier alpha value is -1.19. The number of rotatable bonds is 3. The number of hydrogen-bond acceptors (Lipinski definition) is 3. The van der Waals surface area contributed by atoms with Gasteiger partial charge in [0.25, 0.3) is 0 Å². The van der Waals surface area contributed by atoms with Crippen molar-refractivity contribution in [1.82, 2.24) is 0 Å². The normalized spacial score (nSPS) is 15.9. The van der Waals surface area contributed by atoms with Crippen LogP contribution in [-0.2, 0) is 17.0 Å². The van der Waals surface area contributed by atoms with Crippen LogP contribution in [0, 0.1) is 5.92 Å². The van der Waals surface area contributed by atoms with Crippen molar-refractivity contribution in [1.29, 1.82) is 0 Å². The van der Waals surface area contributed by atoms with E-state index in [2.05, 4.69) is 0 Å². The molecule has 0 aromatic heterocycles. The first-order valence-corrected chi connectivity index (χ1v) is 4.58. The summed E-state index contributed by atoms with van der Waals surface area (Å²) in [6, 6.07) is 5.27. The number of carbonyl (C=O) groups excluding carboxylic acids is 1. The lowest BCUT2D eigenvalue weighted by atomic mass is 9.94. The minimum atomic E-state index is -2.04. The average molecular weight is 192 g/mol. The highest BCUT2D eigenvalue weighted by Gasteiger charge is 2.34. The zero-order chi connectivity index (χ0) is 10.3. The Kier molecular flexibility index (Phi) is 1.94. The van der Waals surface area contributed by atoms with Gasteiger partial charge in [0.15, 0.2) is 5.79 Å². The van der Waals surface area contributed by atoms with Gasteiger partial charge in [0, 0.05) is 5.56 Å². The molecule has 74 valence electrons. The van der Waals surface area contributed by atoms with E-state index in [4.69, 9.17) is 0 Å². The first-order chi connectivity index (χ1) is 6.55. The molecule has 2 N–H and O–H groups in total. The summed E-state index contributed by atoms with van der Waals surface area (Å²) < 4.78 is 0.